The molecule has 0 saturated carbocycles. The summed E-state index contributed by atoms with van der Waals surface area (Å²) in [5, 5.41) is 24.3. The van der Waals surface area contributed by atoms with E-state index < -0.39 is 0 Å². The standard InChI is InChI=1S/C18H13NO2/c20-17-8-9-18(21)19(17)16-7-3-6-14-10-12-4-1-2-5-13(12)11-15(14)16/h1-11,20-21H. The molecule has 3 heteroatoms. The third-order valence-corrected chi connectivity index (χ3v) is 3.80. The first-order chi connectivity index (χ1) is 10.2. The topological polar surface area (TPSA) is 45.4 Å². The van der Waals surface area contributed by atoms with Crippen LogP contribution >= 0.6 is 0 Å². The Labute approximate surface area is 121 Å². The zero-order valence-electron chi connectivity index (χ0n) is 11.2. The molecule has 0 atom stereocenters. The van der Waals surface area contributed by atoms with Crippen molar-refractivity contribution >= 4 is 21.5 Å². The molecule has 2 N–H and O–H groups in total. The summed E-state index contributed by atoms with van der Waals surface area (Å²) in [5.74, 6) is 0.0429. The molecule has 3 nitrogen and oxygen atoms in total. The molecular formula is C18H13NO2. The van der Waals surface area contributed by atoms with Crippen LogP contribution in [0.5, 0.6) is 11.8 Å². The first kappa shape index (κ1) is 11.9. The summed E-state index contributed by atoms with van der Waals surface area (Å²) in [4.78, 5) is 0. The Balaban J connectivity index is 2.12. The number of hydrogen-bond donors (Lipinski definition) is 2. The van der Waals surface area contributed by atoms with Crippen LogP contribution in [-0.2, 0) is 0 Å². The second kappa shape index (κ2) is 4.28. The maximum atomic E-state index is 9.96. The number of nitrogens with zero attached hydrogens (tertiary/aromatic N) is 1. The van der Waals surface area contributed by atoms with Crippen LogP contribution in [-0.4, -0.2) is 14.8 Å². The Bertz CT molecular complexity index is 950. The van der Waals surface area contributed by atoms with Gasteiger partial charge in [0.05, 0.1) is 5.69 Å². The normalized spacial score (nSPS) is 11.2. The summed E-state index contributed by atoms with van der Waals surface area (Å²) in [7, 11) is 0. The first-order valence-corrected chi connectivity index (χ1v) is 6.75. The SMILES string of the molecule is Oc1ccc(O)n1-c1cccc2cc3ccccc3cc12. The van der Waals surface area contributed by atoms with Crippen molar-refractivity contribution in [2.45, 2.75) is 0 Å². The van der Waals surface area contributed by atoms with E-state index in [2.05, 4.69) is 24.3 Å². The minimum absolute atomic E-state index is 0.0214. The van der Waals surface area contributed by atoms with E-state index in [0.717, 1.165) is 21.8 Å². The fourth-order valence-corrected chi connectivity index (χ4v) is 2.81. The number of hydrogen-bond acceptors (Lipinski definition) is 2. The first-order valence-electron chi connectivity index (χ1n) is 6.75. The summed E-state index contributed by atoms with van der Waals surface area (Å²) in [6.45, 7) is 0. The molecule has 0 spiro atoms. The molecular weight excluding hydrogens is 262 g/mol. The van der Waals surface area contributed by atoms with Gasteiger partial charge in [-0.1, -0.05) is 36.4 Å². The monoisotopic (exact) mass is 275 g/mol. The molecule has 1 heterocycles. The van der Waals surface area contributed by atoms with E-state index in [1.807, 2.05) is 30.3 Å². The number of rotatable bonds is 1. The molecule has 102 valence electrons. The van der Waals surface area contributed by atoms with Gasteiger partial charge >= 0.3 is 0 Å². The van der Waals surface area contributed by atoms with Gasteiger partial charge in [-0.05, 0) is 34.4 Å². The Morgan fingerprint density at radius 2 is 1.24 bits per heavy atom. The number of benzene rings is 3. The van der Waals surface area contributed by atoms with Crippen molar-refractivity contribution in [2.24, 2.45) is 0 Å². The van der Waals surface area contributed by atoms with Crippen LogP contribution < -0.4 is 0 Å². The maximum Gasteiger partial charge on any atom is 0.198 e. The van der Waals surface area contributed by atoms with Crippen molar-refractivity contribution in [1.82, 2.24) is 4.57 Å². The Morgan fingerprint density at radius 3 is 1.95 bits per heavy atom. The summed E-state index contributed by atoms with van der Waals surface area (Å²) in [6, 6.07) is 21.1. The van der Waals surface area contributed by atoms with E-state index in [1.54, 1.807) is 0 Å². The van der Waals surface area contributed by atoms with Crippen LogP contribution in [0.1, 0.15) is 0 Å². The third-order valence-electron chi connectivity index (χ3n) is 3.80. The highest BCUT2D eigenvalue weighted by molar-refractivity contribution is 6.01. The lowest BCUT2D eigenvalue weighted by molar-refractivity contribution is 0.403. The van der Waals surface area contributed by atoms with E-state index >= 15 is 0 Å². The van der Waals surface area contributed by atoms with Crippen LogP contribution in [0.25, 0.3) is 27.2 Å². The second-order valence-electron chi connectivity index (χ2n) is 5.08. The lowest BCUT2D eigenvalue weighted by Gasteiger charge is -2.11. The second-order valence-corrected chi connectivity index (χ2v) is 5.08. The average molecular weight is 275 g/mol. The Hall–Kier alpha value is -2.94. The van der Waals surface area contributed by atoms with Gasteiger partial charge in [-0.25, -0.2) is 0 Å². The maximum absolute atomic E-state index is 9.96. The van der Waals surface area contributed by atoms with Crippen LogP contribution in [0.3, 0.4) is 0 Å². The van der Waals surface area contributed by atoms with Gasteiger partial charge in [-0.2, -0.15) is 0 Å². The number of aromatic hydroxyl groups is 2. The average Bonchev–Trinajstić information content (AvgIpc) is 2.84. The van der Waals surface area contributed by atoms with Gasteiger partial charge in [0.15, 0.2) is 11.8 Å². The molecule has 3 aromatic carbocycles. The van der Waals surface area contributed by atoms with Crippen LogP contribution in [0.15, 0.2) is 66.7 Å². The predicted molar refractivity (Wildman–Crippen MR) is 84.1 cm³/mol. The van der Waals surface area contributed by atoms with E-state index in [9.17, 15) is 10.2 Å². The molecule has 4 rings (SSSR count). The van der Waals surface area contributed by atoms with Crippen LogP contribution in [0, 0.1) is 0 Å². The van der Waals surface area contributed by atoms with E-state index in [4.69, 9.17) is 0 Å². The van der Waals surface area contributed by atoms with E-state index in [1.165, 1.54) is 22.1 Å². The predicted octanol–water partition coefficient (Wildman–Crippen LogP) is 4.19. The molecule has 0 unspecified atom stereocenters. The van der Waals surface area contributed by atoms with E-state index in [0.29, 0.717) is 0 Å². The Kier molecular flexibility index (Phi) is 2.42. The van der Waals surface area contributed by atoms with Crippen LogP contribution in [0.4, 0.5) is 0 Å². The van der Waals surface area contributed by atoms with Gasteiger partial charge in [0.2, 0.25) is 0 Å². The fourth-order valence-electron chi connectivity index (χ4n) is 2.81. The minimum atomic E-state index is 0.0214. The highest BCUT2D eigenvalue weighted by atomic mass is 16.3. The zero-order chi connectivity index (χ0) is 14.4. The van der Waals surface area contributed by atoms with Crippen molar-refractivity contribution < 1.29 is 10.2 Å². The van der Waals surface area contributed by atoms with E-state index in [-0.39, 0.29) is 11.8 Å². The molecule has 0 aliphatic heterocycles. The van der Waals surface area contributed by atoms with Gasteiger partial charge in [0.1, 0.15) is 0 Å². The largest absolute Gasteiger partial charge is 0.494 e. The highest BCUT2D eigenvalue weighted by Gasteiger charge is 2.11. The van der Waals surface area contributed by atoms with Crippen LogP contribution in [0.2, 0.25) is 0 Å². The van der Waals surface area contributed by atoms with Gasteiger partial charge < -0.3 is 10.2 Å². The van der Waals surface area contributed by atoms with Gasteiger partial charge in [0, 0.05) is 17.5 Å². The van der Waals surface area contributed by atoms with Crippen molar-refractivity contribution in [2.75, 3.05) is 0 Å². The lowest BCUT2D eigenvalue weighted by Crippen LogP contribution is -1.94. The van der Waals surface area contributed by atoms with Crippen molar-refractivity contribution in [3.05, 3.63) is 66.7 Å². The van der Waals surface area contributed by atoms with Crippen molar-refractivity contribution in [3.63, 3.8) is 0 Å². The molecule has 0 bridgehead atoms. The third kappa shape index (κ3) is 1.75. The molecule has 0 radical (unpaired) electrons. The summed E-state index contributed by atoms with van der Waals surface area (Å²) in [6.07, 6.45) is 0. The summed E-state index contributed by atoms with van der Waals surface area (Å²) >= 11 is 0. The highest BCUT2D eigenvalue weighted by Crippen LogP contribution is 2.33. The quantitative estimate of drug-likeness (QED) is 0.511. The molecule has 1 aromatic heterocycles. The Morgan fingerprint density at radius 1 is 0.619 bits per heavy atom. The lowest BCUT2D eigenvalue weighted by atomic mass is 10.0. The number of aromatic nitrogens is 1. The molecule has 0 fully saturated rings. The van der Waals surface area contributed by atoms with Gasteiger partial charge in [-0.15, -0.1) is 0 Å². The van der Waals surface area contributed by atoms with Gasteiger partial charge in [-0.3, -0.25) is 4.57 Å². The minimum Gasteiger partial charge on any atom is -0.494 e. The molecule has 0 amide bonds. The molecule has 21 heavy (non-hydrogen) atoms. The molecule has 0 aliphatic rings. The smallest absolute Gasteiger partial charge is 0.198 e. The zero-order valence-corrected chi connectivity index (χ0v) is 11.2. The number of fused-ring (bicyclic) bond motifs is 2. The molecule has 0 aliphatic carbocycles. The van der Waals surface area contributed by atoms with Crippen molar-refractivity contribution in [1.29, 1.82) is 0 Å². The summed E-state index contributed by atoms with van der Waals surface area (Å²) in [5.41, 5.74) is 0.762. The summed E-state index contributed by atoms with van der Waals surface area (Å²) < 4.78 is 1.44. The molecule has 0 saturated heterocycles. The fraction of sp³-hybridized carbons (Fsp3) is 0. The van der Waals surface area contributed by atoms with Gasteiger partial charge in [0.25, 0.3) is 0 Å². The molecule has 4 aromatic rings. The van der Waals surface area contributed by atoms with Crippen molar-refractivity contribution in [3.8, 4) is 17.4 Å².